The first kappa shape index (κ1) is 12.1. The van der Waals surface area contributed by atoms with E-state index in [0.717, 1.165) is 6.16 Å². The number of benzene rings is 2. The Bertz CT molecular complexity index is 420. The summed E-state index contributed by atoms with van der Waals surface area (Å²) < 4.78 is 0. The van der Waals surface area contributed by atoms with Crippen molar-refractivity contribution in [3.63, 3.8) is 0 Å². The van der Waals surface area contributed by atoms with Crippen LogP contribution < -0.4 is 10.6 Å². The van der Waals surface area contributed by atoms with Crippen molar-refractivity contribution < 1.29 is 0 Å². The molecule has 0 N–H and O–H groups in total. The largest absolute Gasteiger partial charge is 0.0913 e. The molecule has 0 spiro atoms. The zero-order valence-electron chi connectivity index (χ0n) is 10.1. The van der Waals surface area contributed by atoms with Crippen LogP contribution in [0.2, 0.25) is 0 Å². The van der Waals surface area contributed by atoms with Crippen LogP contribution in [0.4, 0.5) is 0 Å². The van der Waals surface area contributed by atoms with Crippen LogP contribution in [0, 0.1) is 0 Å². The molecule has 2 aromatic carbocycles. The predicted molar refractivity (Wildman–Crippen MR) is 78.8 cm³/mol. The fourth-order valence-corrected chi connectivity index (χ4v) is 3.99. The highest BCUT2D eigenvalue weighted by atomic mass is 31.1. The molecule has 1 heteroatoms. The molecule has 0 saturated carbocycles. The van der Waals surface area contributed by atoms with Gasteiger partial charge in [-0.25, -0.2) is 0 Å². The molecule has 86 valence electrons. The quantitative estimate of drug-likeness (QED) is 0.564. The Kier molecular flexibility index (Phi) is 4.53. The molecule has 0 unspecified atom stereocenters. The monoisotopic (exact) mass is 240 g/mol. The molecule has 2 rings (SSSR count). The van der Waals surface area contributed by atoms with Crippen molar-refractivity contribution in [1.82, 2.24) is 0 Å². The highest BCUT2D eigenvalue weighted by molar-refractivity contribution is 7.73. The number of rotatable bonds is 4. The minimum atomic E-state index is -0.244. The van der Waals surface area contributed by atoms with Crippen LogP contribution in [0.15, 0.2) is 72.8 Å². The van der Waals surface area contributed by atoms with Crippen molar-refractivity contribution in [1.29, 1.82) is 0 Å². The summed E-state index contributed by atoms with van der Waals surface area (Å²) in [7, 11) is -0.244. The van der Waals surface area contributed by atoms with Gasteiger partial charge in [-0.1, -0.05) is 72.8 Å². The van der Waals surface area contributed by atoms with Crippen LogP contribution in [-0.4, -0.2) is 6.16 Å². The maximum atomic E-state index is 2.27. The molecule has 0 aliphatic carbocycles. The van der Waals surface area contributed by atoms with Gasteiger partial charge in [0.25, 0.3) is 0 Å². The first-order chi connectivity index (χ1) is 8.42. The summed E-state index contributed by atoms with van der Waals surface area (Å²) in [5.74, 6) is 0. The Morgan fingerprint density at radius 3 is 1.71 bits per heavy atom. The van der Waals surface area contributed by atoms with Crippen molar-refractivity contribution in [2.75, 3.05) is 6.16 Å². The van der Waals surface area contributed by atoms with Gasteiger partial charge in [-0.3, -0.25) is 0 Å². The van der Waals surface area contributed by atoms with Gasteiger partial charge in [0.05, 0.1) is 0 Å². The van der Waals surface area contributed by atoms with E-state index >= 15 is 0 Å². The molecule has 0 bridgehead atoms. The number of allylic oxidation sites excluding steroid dienone is 2. The maximum Gasteiger partial charge on any atom is -0.00643 e. The lowest BCUT2D eigenvalue weighted by molar-refractivity contribution is 1.63. The molecular formula is C16H17P. The zero-order valence-corrected chi connectivity index (χ0v) is 11.0. The third kappa shape index (κ3) is 3.28. The van der Waals surface area contributed by atoms with Crippen LogP contribution in [0.1, 0.15) is 6.92 Å². The molecule has 0 aromatic heterocycles. The molecule has 0 aliphatic rings. The van der Waals surface area contributed by atoms with E-state index in [-0.39, 0.29) is 7.92 Å². The second kappa shape index (κ2) is 6.37. The van der Waals surface area contributed by atoms with Crippen LogP contribution >= 0.6 is 7.92 Å². The van der Waals surface area contributed by atoms with Gasteiger partial charge in [-0.15, -0.1) is 0 Å². The summed E-state index contributed by atoms with van der Waals surface area (Å²) in [6.45, 7) is 2.09. The van der Waals surface area contributed by atoms with Gasteiger partial charge in [0.1, 0.15) is 0 Å². The summed E-state index contributed by atoms with van der Waals surface area (Å²) >= 11 is 0. The lowest BCUT2D eigenvalue weighted by Gasteiger charge is -2.16. The Balaban J connectivity index is 2.32. The minimum absolute atomic E-state index is 0.244. The second-order valence-corrected chi connectivity index (χ2v) is 6.10. The molecule has 0 aliphatic heterocycles. The van der Waals surface area contributed by atoms with E-state index in [1.165, 1.54) is 10.6 Å². The lowest BCUT2D eigenvalue weighted by atomic mass is 10.4. The van der Waals surface area contributed by atoms with Crippen LogP contribution in [0.5, 0.6) is 0 Å². The first-order valence-electron chi connectivity index (χ1n) is 5.90. The summed E-state index contributed by atoms with van der Waals surface area (Å²) in [5, 5.41) is 2.90. The number of hydrogen-bond donors (Lipinski definition) is 0. The highest BCUT2D eigenvalue weighted by Gasteiger charge is 2.10. The summed E-state index contributed by atoms with van der Waals surface area (Å²) in [5.41, 5.74) is 0. The van der Waals surface area contributed by atoms with Gasteiger partial charge in [0.2, 0.25) is 0 Å². The summed E-state index contributed by atoms with van der Waals surface area (Å²) in [4.78, 5) is 0. The van der Waals surface area contributed by atoms with E-state index in [9.17, 15) is 0 Å². The first-order valence-corrected chi connectivity index (χ1v) is 7.43. The van der Waals surface area contributed by atoms with Gasteiger partial charge in [-0.2, -0.15) is 0 Å². The predicted octanol–water partition coefficient (Wildman–Crippen LogP) is 3.70. The van der Waals surface area contributed by atoms with Gasteiger partial charge < -0.3 is 0 Å². The summed E-state index contributed by atoms with van der Waals surface area (Å²) in [6.07, 6.45) is 5.53. The van der Waals surface area contributed by atoms with E-state index in [0.29, 0.717) is 0 Å². The Morgan fingerprint density at radius 1 is 0.824 bits per heavy atom. The second-order valence-electron chi connectivity index (χ2n) is 3.85. The molecular weight excluding hydrogens is 223 g/mol. The Labute approximate surface area is 105 Å². The van der Waals surface area contributed by atoms with E-state index < -0.39 is 0 Å². The van der Waals surface area contributed by atoms with Crippen molar-refractivity contribution in [2.45, 2.75) is 6.92 Å². The molecule has 0 amide bonds. The maximum absolute atomic E-state index is 2.27. The molecule has 0 fully saturated rings. The fraction of sp³-hybridized carbons (Fsp3) is 0.125. The molecule has 0 nitrogen and oxygen atoms in total. The molecule has 0 heterocycles. The fourth-order valence-electron chi connectivity index (χ4n) is 1.79. The third-order valence-electron chi connectivity index (χ3n) is 2.66. The van der Waals surface area contributed by atoms with Gasteiger partial charge >= 0.3 is 0 Å². The standard InChI is InChI=1S/C16H17P/c1-2-3-14-17(15-10-6-4-7-11-15)16-12-8-5-9-13-16/h2-13H,14H2,1H3. The molecule has 2 aromatic rings. The van der Waals surface area contributed by atoms with Crippen molar-refractivity contribution in [3.8, 4) is 0 Å². The Morgan fingerprint density at radius 2 is 1.29 bits per heavy atom. The normalized spacial score (nSPS) is 11.2. The van der Waals surface area contributed by atoms with Crippen LogP contribution in [0.25, 0.3) is 0 Å². The van der Waals surface area contributed by atoms with Gasteiger partial charge in [-0.05, 0) is 31.6 Å². The number of hydrogen-bond acceptors (Lipinski definition) is 0. The molecule has 17 heavy (non-hydrogen) atoms. The third-order valence-corrected chi connectivity index (χ3v) is 5.08. The SMILES string of the molecule is CC=CCP(c1ccccc1)c1ccccc1. The van der Waals surface area contributed by atoms with E-state index in [1.54, 1.807) is 0 Å². The average Bonchev–Trinajstić information content (AvgIpc) is 2.42. The van der Waals surface area contributed by atoms with Crippen molar-refractivity contribution in [2.24, 2.45) is 0 Å². The van der Waals surface area contributed by atoms with Crippen molar-refractivity contribution >= 4 is 18.5 Å². The topological polar surface area (TPSA) is 0 Å². The molecule has 0 atom stereocenters. The summed E-state index contributed by atoms with van der Waals surface area (Å²) in [6, 6.07) is 21.6. The van der Waals surface area contributed by atoms with Gasteiger partial charge in [0, 0.05) is 0 Å². The van der Waals surface area contributed by atoms with Crippen LogP contribution in [0.3, 0.4) is 0 Å². The van der Waals surface area contributed by atoms with E-state index in [1.807, 2.05) is 0 Å². The van der Waals surface area contributed by atoms with E-state index in [2.05, 4.69) is 79.7 Å². The smallest absolute Gasteiger partial charge is 0.00643 e. The van der Waals surface area contributed by atoms with E-state index in [4.69, 9.17) is 0 Å². The molecule has 0 saturated heterocycles. The highest BCUT2D eigenvalue weighted by Crippen LogP contribution is 2.33. The zero-order chi connectivity index (χ0) is 11.9. The van der Waals surface area contributed by atoms with Gasteiger partial charge in [0.15, 0.2) is 0 Å². The minimum Gasteiger partial charge on any atom is -0.0913 e. The molecule has 0 radical (unpaired) electrons. The average molecular weight is 240 g/mol. The Hall–Kier alpha value is -1.39. The lowest BCUT2D eigenvalue weighted by Crippen LogP contribution is -2.12. The van der Waals surface area contributed by atoms with Crippen LogP contribution in [-0.2, 0) is 0 Å². The van der Waals surface area contributed by atoms with Crippen molar-refractivity contribution in [3.05, 3.63) is 72.8 Å².